The summed E-state index contributed by atoms with van der Waals surface area (Å²) in [4.78, 5) is 14.1. The number of carbonyl (C=O) groups excluding carboxylic acids is 1. The van der Waals surface area contributed by atoms with E-state index in [2.05, 4.69) is 38.2 Å². The third-order valence-corrected chi connectivity index (χ3v) is 3.36. The fourth-order valence-electron chi connectivity index (χ4n) is 2.46. The van der Waals surface area contributed by atoms with Crippen LogP contribution in [0.15, 0.2) is 30.3 Å². The van der Waals surface area contributed by atoms with Gasteiger partial charge in [0.05, 0.1) is 0 Å². The van der Waals surface area contributed by atoms with Gasteiger partial charge < -0.3 is 10.2 Å². The second kappa shape index (κ2) is 6.02. The predicted octanol–water partition coefficient (Wildman–Crippen LogP) is 2.22. The average Bonchev–Trinajstić information content (AvgIpc) is 2.36. The fraction of sp³-hybridized carbons (Fsp3) is 0.438. The van der Waals surface area contributed by atoms with Crippen LogP contribution in [0, 0.1) is 6.92 Å². The second-order valence-electron chi connectivity index (χ2n) is 5.46. The highest BCUT2D eigenvalue weighted by Gasteiger charge is 2.23. The molecule has 0 spiro atoms. The van der Waals surface area contributed by atoms with E-state index in [0.29, 0.717) is 12.1 Å². The van der Waals surface area contributed by atoms with Gasteiger partial charge in [-0.2, -0.15) is 0 Å². The number of nitrogens with zero attached hydrogens (tertiary/aromatic N) is 1. The second-order valence-corrected chi connectivity index (χ2v) is 5.46. The van der Waals surface area contributed by atoms with Gasteiger partial charge in [-0.1, -0.05) is 29.8 Å². The van der Waals surface area contributed by atoms with Crippen molar-refractivity contribution in [2.45, 2.75) is 32.9 Å². The number of rotatable bonds is 2. The van der Waals surface area contributed by atoms with Gasteiger partial charge in [0.1, 0.15) is 0 Å². The number of amides is 1. The largest absolute Gasteiger partial charge is 0.336 e. The van der Waals surface area contributed by atoms with Gasteiger partial charge in [0, 0.05) is 31.2 Å². The van der Waals surface area contributed by atoms with Crippen molar-refractivity contribution < 1.29 is 4.79 Å². The van der Waals surface area contributed by atoms with Gasteiger partial charge >= 0.3 is 0 Å². The molecule has 2 rings (SSSR count). The van der Waals surface area contributed by atoms with Crippen LogP contribution in [0.25, 0.3) is 6.08 Å². The number of carbonyl (C=O) groups is 1. The summed E-state index contributed by atoms with van der Waals surface area (Å²) >= 11 is 0. The van der Waals surface area contributed by atoms with E-state index in [9.17, 15) is 4.79 Å². The first kappa shape index (κ1) is 13.8. The van der Waals surface area contributed by atoms with E-state index in [4.69, 9.17) is 0 Å². The van der Waals surface area contributed by atoms with Gasteiger partial charge in [0.25, 0.3) is 0 Å². The summed E-state index contributed by atoms with van der Waals surface area (Å²) < 4.78 is 0. The maximum Gasteiger partial charge on any atom is 0.246 e. The summed E-state index contributed by atoms with van der Waals surface area (Å²) in [7, 11) is 0. The molecule has 1 fully saturated rings. The van der Waals surface area contributed by atoms with E-state index in [1.807, 2.05) is 23.1 Å². The standard InChI is InChI=1S/C16H22N2O/c1-12-4-6-15(7-5-12)8-9-16(19)18-10-13(2)17-14(3)11-18/h4-9,13-14,17H,10-11H2,1-3H3. The molecule has 1 heterocycles. The lowest BCUT2D eigenvalue weighted by atomic mass is 10.1. The van der Waals surface area contributed by atoms with Gasteiger partial charge in [-0.25, -0.2) is 0 Å². The molecular formula is C16H22N2O. The molecule has 0 radical (unpaired) electrons. The van der Waals surface area contributed by atoms with Crippen LogP contribution in [-0.4, -0.2) is 36.0 Å². The zero-order chi connectivity index (χ0) is 13.8. The highest BCUT2D eigenvalue weighted by Crippen LogP contribution is 2.08. The first-order valence-corrected chi connectivity index (χ1v) is 6.84. The highest BCUT2D eigenvalue weighted by atomic mass is 16.2. The van der Waals surface area contributed by atoms with Crippen LogP contribution in [0.4, 0.5) is 0 Å². The Morgan fingerprint density at radius 1 is 1.21 bits per heavy atom. The van der Waals surface area contributed by atoms with Crippen molar-refractivity contribution >= 4 is 12.0 Å². The number of aryl methyl sites for hydroxylation is 1. The third-order valence-electron chi connectivity index (χ3n) is 3.36. The molecule has 1 aromatic carbocycles. The number of hydrogen-bond donors (Lipinski definition) is 1. The lowest BCUT2D eigenvalue weighted by Crippen LogP contribution is -2.55. The quantitative estimate of drug-likeness (QED) is 0.825. The molecule has 0 aromatic heterocycles. The van der Waals surface area contributed by atoms with E-state index in [0.717, 1.165) is 18.7 Å². The minimum atomic E-state index is 0.0979. The molecule has 0 saturated carbocycles. The Bertz CT molecular complexity index is 454. The Morgan fingerprint density at radius 3 is 2.37 bits per heavy atom. The molecule has 2 unspecified atom stereocenters. The Morgan fingerprint density at radius 2 is 1.79 bits per heavy atom. The fourth-order valence-corrected chi connectivity index (χ4v) is 2.46. The van der Waals surface area contributed by atoms with Crippen LogP contribution in [0.3, 0.4) is 0 Å². The van der Waals surface area contributed by atoms with Crippen molar-refractivity contribution in [1.82, 2.24) is 10.2 Å². The van der Waals surface area contributed by atoms with E-state index < -0.39 is 0 Å². The molecule has 1 saturated heterocycles. The molecule has 2 atom stereocenters. The zero-order valence-electron chi connectivity index (χ0n) is 11.9. The van der Waals surface area contributed by atoms with E-state index in [-0.39, 0.29) is 5.91 Å². The van der Waals surface area contributed by atoms with Crippen molar-refractivity contribution in [3.63, 3.8) is 0 Å². The number of benzene rings is 1. The summed E-state index contributed by atoms with van der Waals surface area (Å²) in [5.41, 5.74) is 2.29. The van der Waals surface area contributed by atoms with Crippen LogP contribution >= 0.6 is 0 Å². The molecule has 1 amide bonds. The summed E-state index contributed by atoms with van der Waals surface area (Å²) in [6.07, 6.45) is 3.56. The molecule has 1 aliphatic rings. The molecule has 1 aliphatic heterocycles. The Labute approximate surface area is 115 Å². The minimum absolute atomic E-state index is 0.0979. The SMILES string of the molecule is Cc1ccc(C=CC(=O)N2CC(C)NC(C)C2)cc1. The summed E-state index contributed by atoms with van der Waals surface area (Å²) in [5, 5.41) is 3.43. The van der Waals surface area contributed by atoms with Gasteiger partial charge in [-0.3, -0.25) is 4.79 Å². The third kappa shape index (κ3) is 3.93. The molecule has 1 N–H and O–H groups in total. The average molecular weight is 258 g/mol. The first-order chi connectivity index (χ1) is 9.04. The normalized spacial score (nSPS) is 23.8. The first-order valence-electron chi connectivity index (χ1n) is 6.84. The lowest BCUT2D eigenvalue weighted by molar-refractivity contribution is -0.127. The van der Waals surface area contributed by atoms with Gasteiger partial charge in [-0.05, 0) is 32.4 Å². The van der Waals surface area contributed by atoms with Crippen molar-refractivity contribution in [3.8, 4) is 0 Å². The number of piperazine rings is 1. The van der Waals surface area contributed by atoms with Crippen molar-refractivity contribution in [3.05, 3.63) is 41.5 Å². The van der Waals surface area contributed by atoms with Crippen LogP contribution in [0.1, 0.15) is 25.0 Å². The van der Waals surface area contributed by atoms with Crippen molar-refractivity contribution in [2.24, 2.45) is 0 Å². The summed E-state index contributed by atoms with van der Waals surface area (Å²) in [6.45, 7) is 7.84. The molecule has 0 aliphatic carbocycles. The molecular weight excluding hydrogens is 236 g/mol. The molecule has 102 valence electrons. The number of hydrogen-bond acceptors (Lipinski definition) is 2. The van der Waals surface area contributed by atoms with Crippen molar-refractivity contribution in [1.29, 1.82) is 0 Å². The van der Waals surface area contributed by atoms with Crippen LogP contribution in [-0.2, 0) is 4.79 Å². The van der Waals surface area contributed by atoms with Crippen LogP contribution < -0.4 is 5.32 Å². The molecule has 19 heavy (non-hydrogen) atoms. The molecule has 3 heteroatoms. The summed E-state index contributed by atoms with van der Waals surface area (Å²) in [6, 6.07) is 8.89. The van der Waals surface area contributed by atoms with Gasteiger partial charge in [0.15, 0.2) is 0 Å². The maximum atomic E-state index is 12.1. The molecule has 3 nitrogen and oxygen atoms in total. The predicted molar refractivity (Wildman–Crippen MR) is 78.9 cm³/mol. The minimum Gasteiger partial charge on any atom is -0.336 e. The van der Waals surface area contributed by atoms with Gasteiger partial charge in [0.2, 0.25) is 5.91 Å². The smallest absolute Gasteiger partial charge is 0.246 e. The van der Waals surface area contributed by atoms with E-state index in [1.54, 1.807) is 6.08 Å². The van der Waals surface area contributed by atoms with Crippen molar-refractivity contribution in [2.75, 3.05) is 13.1 Å². The Balaban J connectivity index is 1.98. The van der Waals surface area contributed by atoms with Crippen LogP contribution in [0.5, 0.6) is 0 Å². The van der Waals surface area contributed by atoms with Crippen LogP contribution in [0.2, 0.25) is 0 Å². The maximum absolute atomic E-state index is 12.1. The Kier molecular flexibility index (Phi) is 4.38. The lowest BCUT2D eigenvalue weighted by Gasteiger charge is -2.35. The van der Waals surface area contributed by atoms with E-state index in [1.165, 1.54) is 5.56 Å². The zero-order valence-corrected chi connectivity index (χ0v) is 11.9. The summed E-state index contributed by atoms with van der Waals surface area (Å²) in [5.74, 6) is 0.0979. The van der Waals surface area contributed by atoms with E-state index >= 15 is 0 Å². The number of nitrogens with one attached hydrogen (secondary N) is 1. The Hall–Kier alpha value is -1.61. The van der Waals surface area contributed by atoms with Gasteiger partial charge in [-0.15, -0.1) is 0 Å². The molecule has 1 aromatic rings. The molecule has 0 bridgehead atoms. The highest BCUT2D eigenvalue weighted by molar-refractivity contribution is 5.91. The topological polar surface area (TPSA) is 32.3 Å². The monoisotopic (exact) mass is 258 g/mol.